The van der Waals surface area contributed by atoms with Gasteiger partial charge in [0.1, 0.15) is 0 Å². The molecule has 2 nitrogen and oxygen atoms in total. The normalized spacial score (nSPS) is 31.4. The monoisotopic (exact) mass is 267 g/mol. The Morgan fingerprint density at radius 3 is 2.42 bits per heavy atom. The number of hydrogen-bond donors (Lipinski definition) is 1. The molecule has 2 heteroatoms. The average Bonchev–Trinajstić information content (AvgIpc) is 2.38. The Bertz CT molecular complexity index is 270. The fraction of sp³-hybridized carbons (Fsp3) is 1.00. The summed E-state index contributed by atoms with van der Waals surface area (Å²) < 4.78 is 6.02. The van der Waals surface area contributed by atoms with Crippen LogP contribution < -0.4 is 5.32 Å². The van der Waals surface area contributed by atoms with Gasteiger partial charge in [-0.3, -0.25) is 0 Å². The summed E-state index contributed by atoms with van der Waals surface area (Å²) >= 11 is 0. The highest BCUT2D eigenvalue weighted by atomic mass is 16.5. The van der Waals surface area contributed by atoms with Crippen molar-refractivity contribution in [3.8, 4) is 0 Å². The molecule has 2 aliphatic rings. The van der Waals surface area contributed by atoms with E-state index in [0.717, 1.165) is 12.5 Å². The lowest BCUT2D eigenvalue weighted by atomic mass is 9.55. The third-order valence-electron chi connectivity index (χ3n) is 5.25. The number of nitrogens with one attached hydrogen (secondary N) is 1. The zero-order chi connectivity index (χ0) is 13.9. The Morgan fingerprint density at radius 1 is 1.16 bits per heavy atom. The van der Waals surface area contributed by atoms with Crippen LogP contribution in [0.5, 0.6) is 0 Å². The van der Waals surface area contributed by atoms with Gasteiger partial charge in [-0.25, -0.2) is 0 Å². The lowest BCUT2D eigenvalue weighted by Gasteiger charge is -2.58. The molecule has 0 radical (unpaired) electrons. The maximum absolute atomic E-state index is 6.02. The van der Waals surface area contributed by atoms with Gasteiger partial charge < -0.3 is 10.1 Å². The highest BCUT2D eigenvalue weighted by Gasteiger charge is 2.55. The Balaban J connectivity index is 1.93. The third-order valence-corrected chi connectivity index (χ3v) is 5.25. The molecule has 19 heavy (non-hydrogen) atoms. The Morgan fingerprint density at radius 2 is 1.84 bits per heavy atom. The highest BCUT2D eigenvalue weighted by molar-refractivity contribution is 5.09. The highest BCUT2D eigenvalue weighted by Crippen LogP contribution is 2.53. The minimum Gasteiger partial charge on any atom is -0.378 e. The van der Waals surface area contributed by atoms with E-state index >= 15 is 0 Å². The van der Waals surface area contributed by atoms with Crippen molar-refractivity contribution in [3.05, 3.63) is 0 Å². The average molecular weight is 267 g/mol. The Kier molecular flexibility index (Phi) is 5.30. The molecule has 0 saturated heterocycles. The van der Waals surface area contributed by atoms with Crippen LogP contribution >= 0.6 is 0 Å². The molecule has 0 heterocycles. The van der Waals surface area contributed by atoms with E-state index in [-0.39, 0.29) is 0 Å². The van der Waals surface area contributed by atoms with Crippen LogP contribution in [0.25, 0.3) is 0 Å². The van der Waals surface area contributed by atoms with E-state index in [4.69, 9.17) is 4.74 Å². The van der Waals surface area contributed by atoms with Gasteiger partial charge in [0.2, 0.25) is 0 Å². The van der Waals surface area contributed by atoms with E-state index in [1.165, 1.54) is 44.9 Å². The molecule has 3 atom stereocenters. The molecule has 0 aromatic carbocycles. The molecule has 0 amide bonds. The standard InChI is InChI=1S/C17H33NO/c1-5-19-16-12-15(18-14(4)11-13(2)3)17(16)9-7-6-8-10-17/h13-16,18H,5-12H2,1-4H3. The Labute approximate surface area is 119 Å². The summed E-state index contributed by atoms with van der Waals surface area (Å²) in [6, 6.07) is 1.35. The molecule has 1 N–H and O–H groups in total. The van der Waals surface area contributed by atoms with Crippen LogP contribution in [0.3, 0.4) is 0 Å². The van der Waals surface area contributed by atoms with Crippen molar-refractivity contribution in [2.75, 3.05) is 6.61 Å². The summed E-state index contributed by atoms with van der Waals surface area (Å²) in [7, 11) is 0. The van der Waals surface area contributed by atoms with E-state index in [0.29, 0.717) is 23.6 Å². The molecule has 2 rings (SSSR count). The fourth-order valence-electron chi connectivity index (χ4n) is 4.42. The second kappa shape index (κ2) is 6.58. The zero-order valence-corrected chi connectivity index (χ0v) is 13.4. The lowest BCUT2D eigenvalue weighted by molar-refractivity contribution is -0.152. The van der Waals surface area contributed by atoms with E-state index < -0.39 is 0 Å². The van der Waals surface area contributed by atoms with E-state index in [1.54, 1.807) is 0 Å². The van der Waals surface area contributed by atoms with Crippen molar-refractivity contribution in [1.82, 2.24) is 5.32 Å². The molecule has 0 bridgehead atoms. The second-order valence-corrected chi connectivity index (χ2v) is 7.22. The van der Waals surface area contributed by atoms with Crippen LogP contribution in [0.2, 0.25) is 0 Å². The maximum Gasteiger partial charge on any atom is 0.0661 e. The van der Waals surface area contributed by atoms with Crippen molar-refractivity contribution in [3.63, 3.8) is 0 Å². The van der Waals surface area contributed by atoms with Gasteiger partial charge in [0.25, 0.3) is 0 Å². The van der Waals surface area contributed by atoms with Crippen LogP contribution in [0.4, 0.5) is 0 Å². The smallest absolute Gasteiger partial charge is 0.0661 e. The summed E-state index contributed by atoms with van der Waals surface area (Å²) in [4.78, 5) is 0. The largest absolute Gasteiger partial charge is 0.378 e. The number of rotatable bonds is 6. The molecule has 2 fully saturated rings. The summed E-state index contributed by atoms with van der Waals surface area (Å²) in [5.41, 5.74) is 0.472. The minimum atomic E-state index is 0.472. The van der Waals surface area contributed by atoms with E-state index in [2.05, 4.69) is 33.0 Å². The molecular formula is C17H33NO. The minimum absolute atomic E-state index is 0.472. The quantitative estimate of drug-likeness (QED) is 0.781. The van der Waals surface area contributed by atoms with Crippen molar-refractivity contribution >= 4 is 0 Å². The van der Waals surface area contributed by atoms with E-state index in [1.807, 2.05) is 0 Å². The summed E-state index contributed by atoms with van der Waals surface area (Å²) in [6.45, 7) is 10.0. The zero-order valence-electron chi connectivity index (χ0n) is 13.4. The first-order valence-corrected chi connectivity index (χ1v) is 8.46. The predicted octanol–water partition coefficient (Wildman–Crippen LogP) is 4.14. The van der Waals surface area contributed by atoms with Crippen molar-refractivity contribution in [1.29, 1.82) is 0 Å². The van der Waals surface area contributed by atoms with Crippen LogP contribution in [0.1, 0.15) is 72.6 Å². The molecule has 2 saturated carbocycles. The van der Waals surface area contributed by atoms with Crippen LogP contribution in [0, 0.1) is 11.3 Å². The van der Waals surface area contributed by atoms with Gasteiger partial charge in [0.15, 0.2) is 0 Å². The van der Waals surface area contributed by atoms with Gasteiger partial charge in [0, 0.05) is 24.1 Å². The predicted molar refractivity (Wildman–Crippen MR) is 81.4 cm³/mol. The molecule has 0 aliphatic heterocycles. The van der Waals surface area contributed by atoms with Crippen molar-refractivity contribution in [2.24, 2.45) is 11.3 Å². The fourth-order valence-corrected chi connectivity index (χ4v) is 4.42. The first kappa shape index (κ1) is 15.3. The van der Waals surface area contributed by atoms with E-state index in [9.17, 15) is 0 Å². The van der Waals surface area contributed by atoms with Gasteiger partial charge in [-0.2, -0.15) is 0 Å². The topological polar surface area (TPSA) is 21.3 Å². The number of hydrogen-bond acceptors (Lipinski definition) is 2. The molecular weight excluding hydrogens is 234 g/mol. The molecule has 2 aliphatic carbocycles. The number of ether oxygens (including phenoxy) is 1. The van der Waals surface area contributed by atoms with Crippen LogP contribution in [-0.2, 0) is 4.74 Å². The van der Waals surface area contributed by atoms with Gasteiger partial charge >= 0.3 is 0 Å². The van der Waals surface area contributed by atoms with Gasteiger partial charge in [-0.15, -0.1) is 0 Å². The summed E-state index contributed by atoms with van der Waals surface area (Å²) in [6.07, 6.45) is 10.0. The van der Waals surface area contributed by atoms with Gasteiger partial charge in [0.05, 0.1) is 6.10 Å². The first-order chi connectivity index (χ1) is 9.08. The molecule has 1 spiro atoms. The molecule has 0 aromatic heterocycles. The van der Waals surface area contributed by atoms with Crippen molar-refractivity contribution in [2.45, 2.75) is 90.8 Å². The van der Waals surface area contributed by atoms with Crippen molar-refractivity contribution < 1.29 is 4.74 Å². The van der Waals surface area contributed by atoms with Gasteiger partial charge in [-0.1, -0.05) is 33.1 Å². The molecule has 112 valence electrons. The molecule has 3 unspecified atom stereocenters. The third kappa shape index (κ3) is 3.33. The Hall–Kier alpha value is -0.0800. The van der Waals surface area contributed by atoms with Gasteiger partial charge in [-0.05, 0) is 45.4 Å². The lowest BCUT2D eigenvalue weighted by Crippen LogP contribution is -2.65. The van der Waals surface area contributed by atoms with Crippen LogP contribution in [0.15, 0.2) is 0 Å². The SMILES string of the molecule is CCOC1CC(NC(C)CC(C)C)C12CCCCC2. The molecule has 0 aromatic rings. The second-order valence-electron chi connectivity index (χ2n) is 7.22. The summed E-state index contributed by atoms with van der Waals surface area (Å²) in [5, 5.41) is 3.92. The maximum atomic E-state index is 6.02. The summed E-state index contributed by atoms with van der Waals surface area (Å²) in [5.74, 6) is 0.785. The first-order valence-electron chi connectivity index (χ1n) is 8.46. The van der Waals surface area contributed by atoms with Crippen LogP contribution in [-0.4, -0.2) is 24.8 Å².